The van der Waals surface area contributed by atoms with Gasteiger partial charge < -0.3 is 30.0 Å². The van der Waals surface area contributed by atoms with Gasteiger partial charge in [0.1, 0.15) is 5.75 Å². The number of furan rings is 1. The topological polar surface area (TPSA) is 113 Å². The summed E-state index contributed by atoms with van der Waals surface area (Å²) in [7, 11) is 0. The molecule has 0 saturated carbocycles. The molecule has 0 spiro atoms. The van der Waals surface area contributed by atoms with Crippen molar-refractivity contribution in [1.29, 1.82) is 0 Å². The number of carbonyl (C=O) groups excluding carboxylic acids is 2. The first-order valence-corrected chi connectivity index (χ1v) is 9.93. The van der Waals surface area contributed by atoms with Gasteiger partial charge in [-0.1, -0.05) is 12.1 Å². The zero-order chi connectivity index (χ0) is 21.3. The Kier molecular flexibility index (Phi) is 7.31. The molecule has 1 aromatic carbocycles. The standard InChI is InChI=1S/C21H27N5O4/c1-2-23-21(24-14-16-5-3-6-17(13-16)30-15-19(22)27)26-10-8-25(9-11-26)20(28)18-7-4-12-29-18/h3-7,12-13H,2,8-11,14-15H2,1H3,(H2,22,27)(H,23,24). The summed E-state index contributed by atoms with van der Waals surface area (Å²) in [5.41, 5.74) is 6.08. The lowest BCUT2D eigenvalue weighted by molar-refractivity contribution is -0.119. The van der Waals surface area contributed by atoms with Gasteiger partial charge >= 0.3 is 0 Å². The SMILES string of the molecule is CCNC(=NCc1cccc(OCC(N)=O)c1)N1CCN(C(=O)c2ccco2)CC1. The summed E-state index contributed by atoms with van der Waals surface area (Å²) in [5, 5.41) is 3.31. The molecule has 0 unspecified atom stereocenters. The molecule has 0 aliphatic carbocycles. The summed E-state index contributed by atoms with van der Waals surface area (Å²) in [6.45, 7) is 5.62. The van der Waals surface area contributed by atoms with E-state index in [0.717, 1.165) is 18.1 Å². The molecule has 30 heavy (non-hydrogen) atoms. The molecule has 1 fully saturated rings. The number of rotatable bonds is 7. The Morgan fingerprint density at radius 1 is 1.17 bits per heavy atom. The van der Waals surface area contributed by atoms with Crippen molar-refractivity contribution in [2.24, 2.45) is 10.7 Å². The largest absolute Gasteiger partial charge is 0.484 e. The Balaban J connectivity index is 1.59. The number of nitrogens with one attached hydrogen (secondary N) is 1. The highest BCUT2D eigenvalue weighted by Crippen LogP contribution is 2.15. The molecule has 3 rings (SSSR count). The van der Waals surface area contributed by atoms with Gasteiger partial charge in [-0.15, -0.1) is 0 Å². The van der Waals surface area contributed by atoms with Crippen LogP contribution in [0.1, 0.15) is 23.0 Å². The van der Waals surface area contributed by atoms with Crippen LogP contribution in [0, 0.1) is 0 Å². The fourth-order valence-corrected chi connectivity index (χ4v) is 3.16. The number of piperazine rings is 1. The van der Waals surface area contributed by atoms with E-state index in [9.17, 15) is 9.59 Å². The lowest BCUT2D eigenvalue weighted by Crippen LogP contribution is -2.53. The molecular formula is C21H27N5O4. The van der Waals surface area contributed by atoms with Crippen LogP contribution in [-0.4, -0.2) is 66.9 Å². The Morgan fingerprint density at radius 2 is 1.93 bits per heavy atom. The van der Waals surface area contributed by atoms with E-state index in [-0.39, 0.29) is 12.5 Å². The highest BCUT2D eigenvalue weighted by molar-refractivity contribution is 5.91. The number of hydrogen-bond acceptors (Lipinski definition) is 5. The maximum Gasteiger partial charge on any atom is 0.289 e. The fraction of sp³-hybridized carbons (Fsp3) is 0.381. The Labute approximate surface area is 175 Å². The van der Waals surface area contributed by atoms with Crippen LogP contribution in [0.4, 0.5) is 0 Å². The van der Waals surface area contributed by atoms with Crippen molar-refractivity contribution in [3.63, 3.8) is 0 Å². The Hall–Kier alpha value is -3.49. The molecule has 9 nitrogen and oxygen atoms in total. The second-order valence-corrected chi connectivity index (χ2v) is 6.83. The van der Waals surface area contributed by atoms with Crippen LogP contribution in [0.3, 0.4) is 0 Å². The van der Waals surface area contributed by atoms with Crippen molar-refractivity contribution in [3.8, 4) is 5.75 Å². The number of ether oxygens (including phenoxy) is 1. The summed E-state index contributed by atoms with van der Waals surface area (Å²) in [6.07, 6.45) is 1.51. The van der Waals surface area contributed by atoms with E-state index in [0.29, 0.717) is 44.2 Å². The molecule has 2 heterocycles. The average molecular weight is 413 g/mol. The number of carbonyl (C=O) groups is 2. The molecule has 9 heteroatoms. The predicted octanol–water partition coefficient (Wildman–Crippen LogP) is 1.07. The van der Waals surface area contributed by atoms with E-state index in [2.05, 4.69) is 10.2 Å². The second kappa shape index (κ2) is 10.3. The first kappa shape index (κ1) is 21.2. The van der Waals surface area contributed by atoms with Crippen LogP contribution in [0.15, 0.2) is 52.1 Å². The van der Waals surface area contributed by atoms with Crippen molar-refractivity contribution in [2.75, 3.05) is 39.3 Å². The van der Waals surface area contributed by atoms with Crippen molar-refractivity contribution < 1.29 is 18.7 Å². The van der Waals surface area contributed by atoms with Crippen molar-refractivity contribution in [1.82, 2.24) is 15.1 Å². The van der Waals surface area contributed by atoms with Gasteiger partial charge in [-0.2, -0.15) is 0 Å². The number of aliphatic imine (C=N–C) groups is 1. The van der Waals surface area contributed by atoms with Gasteiger partial charge in [0.25, 0.3) is 11.8 Å². The van der Waals surface area contributed by atoms with E-state index in [4.69, 9.17) is 19.9 Å². The van der Waals surface area contributed by atoms with Gasteiger partial charge in [0.2, 0.25) is 0 Å². The molecular weight excluding hydrogens is 386 g/mol. The Morgan fingerprint density at radius 3 is 2.60 bits per heavy atom. The highest BCUT2D eigenvalue weighted by atomic mass is 16.5. The van der Waals surface area contributed by atoms with Gasteiger partial charge in [0.15, 0.2) is 18.3 Å². The minimum Gasteiger partial charge on any atom is -0.484 e. The van der Waals surface area contributed by atoms with Crippen LogP contribution in [0.5, 0.6) is 5.75 Å². The molecule has 1 aliphatic heterocycles. The van der Waals surface area contributed by atoms with Gasteiger partial charge in [-0.25, -0.2) is 4.99 Å². The molecule has 1 saturated heterocycles. The van der Waals surface area contributed by atoms with E-state index < -0.39 is 5.91 Å². The molecule has 160 valence electrons. The molecule has 0 radical (unpaired) electrons. The third kappa shape index (κ3) is 5.76. The zero-order valence-electron chi connectivity index (χ0n) is 17.0. The smallest absolute Gasteiger partial charge is 0.289 e. The third-order valence-corrected chi connectivity index (χ3v) is 4.62. The summed E-state index contributed by atoms with van der Waals surface area (Å²) in [6, 6.07) is 10.8. The molecule has 0 atom stereocenters. The number of primary amides is 1. The minimum atomic E-state index is -0.516. The van der Waals surface area contributed by atoms with Crippen molar-refractivity contribution in [3.05, 3.63) is 54.0 Å². The summed E-state index contributed by atoms with van der Waals surface area (Å²) >= 11 is 0. The quantitative estimate of drug-likeness (QED) is 0.519. The molecule has 1 aromatic heterocycles. The summed E-state index contributed by atoms with van der Waals surface area (Å²) in [5.74, 6) is 1.14. The number of nitrogens with two attached hydrogens (primary N) is 1. The molecule has 1 aliphatic rings. The van der Waals surface area contributed by atoms with E-state index in [1.165, 1.54) is 6.26 Å². The first-order chi connectivity index (χ1) is 14.6. The van der Waals surface area contributed by atoms with Gasteiger partial charge in [-0.05, 0) is 36.8 Å². The second-order valence-electron chi connectivity index (χ2n) is 6.83. The molecule has 0 bridgehead atoms. The van der Waals surface area contributed by atoms with E-state index in [1.54, 1.807) is 23.1 Å². The average Bonchev–Trinajstić information content (AvgIpc) is 3.30. The van der Waals surface area contributed by atoms with E-state index in [1.807, 2.05) is 25.1 Å². The molecule has 3 N–H and O–H groups in total. The van der Waals surface area contributed by atoms with Crippen LogP contribution in [0.25, 0.3) is 0 Å². The molecule has 2 aromatic rings. The number of nitrogens with zero attached hydrogens (tertiary/aromatic N) is 3. The summed E-state index contributed by atoms with van der Waals surface area (Å²) in [4.78, 5) is 32.0. The van der Waals surface area contributed by atoms with Gasteiger partial charge in [-0.3, -0.25) is 9.59 Å². The number of hydrogen-bond donors (Lipinski definition) is 2. The van der Waals surface area contributed by atoms with Crippen LogP contribution in [-0.2, 0) is 11.3 Å². The van der Waals surface area contributed by atoms with Crippen LogP contribution < -0.4 is 15.8 Å². The monoisotopic (exact) mass is 413 g/mol. The van der Waals surface area contributed by atoms with E-state index >= 15 is 0 Å². The first-order valence-electron chi connectivity index (χ1n) is 9.93. The zero-order valence-corrected chi connectivity index (χ0v) is 17.0. The normalized spacial score (nSPS) is 14.5. The van der Waals surface area contributed by atoms with Crippen LogP contribution >= 0.6 is 0 Å². The number of benzene rings is 1. The summed E-state index contributed by atoms with van der Waals surface area (Å²) < 4.78 is 10.6. The van der Waals surface area contributed by atoms with Crippen molar-refractivity contribution in [2.45, 2.75) is 13.5 Å². The molecule has 2 amide bonds. The predicted molar refractivity (Wildman–Crippen MR) is 112 cm³/mol. The van der Waals surface area contributed by atoms with Crippen molar-refractivity contribution >= 4 is 17.8 Å². The van der Waals surface area contributed by atoms with Crippen LogP contribution in [0.2, 0.25) is 0 Å². The lowest BCUT2D eigenvalue weighted by Gasteiger charge is -2.36. The lowest BCUT2D eigenvalue weighted by atomic mass is 10.2. The highest BCUT2D eigenvalue weighted by Gasteiger charge is 2.25. The Bertz CT molecular complexity index is 873. The minimum absolute atomic E-state index is 0.0886. The fourth-order valence-electron chi connectivity index (χ4n) is 3.16. The third-order valence-electron chi connectivity index (χ3n) is 4.62. The number of guanidine groups is 1. The maximum absolute atomic E-state index is 12.4. The van der Waals surface area contributed by atoms with Gasteiger partial charge in [0, 0.05) is 32.7 Å². The number of amides is 2. The maximum atomic E-state index is 12.4. The van der Waals surface area contributed by atoms with Gasteiger partial charge in [0.05, 0.1) is 12.8 Å².